The van der Waals surface area contributed by atoms with Crippen LogP contribution in [0.25, 0.3) is 0 Å². The van der Waals surface area contributed by atoms with Gasteiger partial charge in [-0.25, -0.2) is 13.6 Å². The number of amides is 1. The van der Waals surface area contributed by atoms with Crippen molar-refractivity contribution < 1.29 is 26.4 Å². The van der Waals surface area contributed by atoms with Crippen molar-refractivity contribution >= 4 is 21.6 Å². The lowest BCUT2D eigenvalue weighted by molar-refractivity contribution is -0.138. The Balaban J connectivity index is 2.08. The quantitative estimate of drug-likeness (QED) is 0.803. The molecule has 2 rings (SSSR count). The van der Waals surface area contributed by atoms with E-state index in [4.69, 9.17) is 5.14 Å². The van der Waals surface area contributed by atoms with Gasteiger partial charge < -0.3 is 9.88 Å². The predicted molar refractivity (Wildman–Crippen MR) is 87.6 cm³/mol. The molecule has 0 saturated heterocycles. The van der Waals surface area contributed by atoms with E-state index in [1.807, 2.05) is 0 Å². The maximum absolute atomic E-state index is 12.7. The molecular formula is C15H14F3N3O4S. The molecule has 0 aliphatic rings. The van der Waals surface area contributed by atoms with E-state index in [1.54, 1.807) is 0 Å². The number of halogens is 3. The van der Waals surface area contributed by atoms with E-state index in [0.717, 1.165) is 6.07 Å². The molecule has 0 saturated carbocycles. The van der Waals surface area contributed by atoms with Crippen molar-refractivity contribution in [2.45, 2.75) is 18.5 Å². The summed E-state index contributed by atoms with van der Waals surface area (Å²) in [5.74, 6) is -1.09. The van der Waals surface area contributed by atoms with Gasteiger partial charge in [-0.1, -0.05) is 12.1 Å². The van der Waals surface area contributed by atoms with Crippen LogP contribution in [0.1, 0.15) is 11.1 Å². The Morgan fingerprint density at radius 1 is 1.12 bits per heavy atom. The third kappa shape index (κ3) is 5.70. The van der Waals surface area contributed by atoms with E-state index >= 15 is 0 Å². The van der Waals surface area contributed by atoms with Crippen molar-refractivity contribution in [2.24, 2.45) is 5.14 Å². The number of pyridine rings is 1. The predicted octanol–water partition coefficient (Wildman–Crippen LogP) is 1.29. The minimum absolute atomic E-state index is 0.285. The smallest absolute Gasteiger partial charge is 0.325 e. The van der Waals surface area contributed by atoms with E-state index in [1.165, 1.54) is 24.3 Å². The number of alkyl halides is 3. The number of benzene rings is 1. The van der Waals surface area contributed by atoms with Crippen LogP contribution < -0.4 is 16.0 Å². The van der Waals surface area contributed by atoms with Crippen LogP contribution in [0.2, 0.25) is 0 Å². The monoisotopic (exact) mass is 389 g/mol. The van der Waals surface area contributed by atoms with Gasteiger partial charge in [0.1, 0.15) is 6.54 Å². The topological polar surface area (TPSA) is 111 Å². The average Bonchev–Trinajstić information content (AvgIpc) is 2.49. The Morgan fingerprint density at radius 3 is 2.27 bits per heavy atom. The maximum atomic E-state index is 12.7. The number of aromatic nitrogens is 1. The summed E-state index contributed by atoms with van der Waals surface area (Å²) in [4.78, 5) is 23.6. The number of carbonyl (C=O) groups is 1. The molecule has 11 heteroatoms. The summed E-state index contributed by atoms with van der Waals surface area (Å²) in [6, 6.07) is 7.05. The van der Waals surface area contributed by atoms with E-state index in [2.05, 4.69) is 5.32 Å². The minimum atomic E-state index is -4.63. The number of hydrogen-bond acceptors (Lipinski definition) is 4. The summed E-state index contributed by atoms with van der Waals surface area (Å²) in [6.07, 6.45) is -4.07. The van der Waals surface area contributed by atoms with Crippen molar-refractivity contribution in [3.05, 3.63) is 64.1 Å². The van der Waals surface area contributed by atoms with Crippen LogP contribution >= 0.6 is 0 Å². The molecule has 0 radical (unpaired) electrons. The van der Waals surface area contributed by atoms with Gasteiger partial charge in [0.15, 0.2) is 0 Å². The molecule has 1 heterocycles. The van der Waals surface area contributed by atoms with Gasteiger partial charge >= 0.3 is 6.18 Å². The SMILES string of the molecule is NS(=O)(=O)Cc1ccc(NC(=O)Cn2cc(C(F)(F)F)ccc2=O)cc1. The summed E-state index contributed by atoms with van der Waals surface area (Å²) in [7, 11) is -3.69. The first kappa shape index (κ1) is 19.7. The Labute approximate surface area is 146 Å². The lowest BCUT2D eigenvalue weighted by Gasteiger charge is -2.11. The van der Waals surface area contributed by atoms with Crippen LogP contribution in [0.15, 0.2) is 47.4 Å². The van der Waals surface area contributed by atoms with Crippen LogP contribution in [0, 0.1) is 0 Å². The first-order chi connectivity index (χ1) is 11.9. The number of sulfonamides is 1. The first-order valence-corrected chi connectivity index (χ1v) is 8.82. The number of nitrogens with one attached hydrogen (secondary N) is 1. The van der Waals surface area contributed by atoms with Crippen LogP contribution in [0.4, 0.5) is 18.9 Å². The Hall–Kier alpha value is -2.66. The second-order valence-corrected chi connectivity index (χ2v) is 7.05. The van der Waals surface area contributed by atoms with Gasteiger partial charge in [0.05, 0.1) is 11.3 Å². The van der Waals surface area contributed by atoms with Gasteiger partial charge in [-0.3, -0.25) is 9.59 Å². The van der Waals surface area contributed by atoms with Crippen molar-refractivity contribution in [1.29, 1.82) is 0 Å². The van der Waals surface area contributed by atoms with Gasteiger partial charge in [0.2, 0.25) is 15.9 Å². The van der Waals surface area contributed by atoms with Gasteiger partial charge in [0.25, 0.3) is 5.56 Å². The molecule has 1 aromatic heterocycles. The lowest BCUT2D eigenvalue weighted by Crippen LogP contribution is -2.28. The standard InChI is InChI=1S/C15H14F3N3O4S/c16-15(17,18)11-3-6-14(23)21(7-11)8-13(22)20-12-4-1-10(2-5-12)9-26(19,24)25/h1-7H,8-9H2,(H,20,22)(H2,19,24,25). The Kier molecular flexibility index (Phi) is 5.52. The molecule has 0 aliphatic heterocycles. The number of rotatable bonds is 5. The molecule has 0 spiro atoms. The molecule has 26 heavy (non-hydrogen) atoms. The number of primary sulfonamides is 1. The van der Waals surface area contributed by atoms with Crippen LogP contribution in [-0.2, 0) is 33.3 Å². The highest BCUT2D eigenvalue weighted by Gasteiger charge is 2.31. The van der Waals surface area contributed by atoms with Crippen molar-refractivity contribution in [3.63, 3.8) is 0 Å². The van der Waals surface area contributed by atoms with Gasteiger partial charge in [-0.05, 0) is 23.8 Å². The second kappa shape index (κ2) is 7.30. The molecule has 0 unspecified atom stereocenters. The third-order valence-corrected chi connectivity index (χ3v) is 3.97. The maximum Gasteiger partial charge on any atom is 0.417 e. The zero-order chi connectivity index (χ0) is 19.5. The normalized spacial score (nSPS) is 12.0. The highest BCUT2D eigenvalue weighted by Crippen LogP contribution is 2.28. The molecule has 140 valence electrons. The van der Waals surface area contributed by atoms with Crippen LogP contribution in [0.3, 0.4) is 0 Å². The zero-order valence-electron chi connectivity index (χ0n) is 13.2. The van der Waals surface area contributed by atoms with E-state index in [0.29, 0.717) is 22.4 Å². The summed E-state index contributed by atoms with van der Waals surface area (Å²) >= 11 is 0. The fraction of sp³-hybridized carbons (Fsp3) is 0.200. The highest BCUT2D eigenvalue weighted by molar-refractivity contribution is 7.88. The molecule has 3 N–H and O–H groups in total. The molecule has 0 aliphatic carbocycles. The fourth-order valence-corrected chi connectivity index (χ4v) is 2.75. The van der Waals surface area contributed by atoms with E-state index < -0.39 is 39.8 Å². The van der Waals surface area contributed by atoms with Crippen molar-refractivity contribution in [3.8, 4) is 0 Å². The first-order valence-electron chi connectivity index (χ1n) is 7.11. The molecule has 0 fully saturated rings. The summed E-state index contributed by atoms with van der Waals surface area (Å²) in [6.45, 7) is -0.609. The molecule has 1 amide bonds. The summed E-state index contributed by atoms with van der Waals surface area (Å²) < 4.78 is 60.6. The fourth-order valence-electron chi connectivity index (χ4n) is 2.09. The largest absolute Gasteiger partial charge is 0.417 e. The molecular weight excluding hydrogens is 375 g/mol. The van der Waals surface area contributed by atoms with Gasteiger partial charge in [-0.15, -0.1) is 0 Å². The van der Waals surface area contributed by atoms with Gasteiger partial charge in [0, 0.05) is 18.0 Å². The average molecular weight is 389 g/mol. The Morgan fingerprint density at radius 2 is 1.73 bits per heavy atom. The van der Waals surface area contributed by atoms with Gasteiger partial charge in [-0.2, -0.15) is 13.2 Å². The zero-order valence-corrected chi connectivity index (χ0v) is 14.0. The van der Waals surface area contributed by atoms with Crippen molar-refractivity contribution in [1.82, 2.24) is 4.57 Å². The molecule has 2 aromatic rings. The number of nitrogens with zero attached hydrogens (tertiary/aromatic N) is 1. The number of hydrogen-bond donors (Lipinski definition) is 2. The van der Waals surface area contributed by atoms with E-state index in [-0.39, 0.29) is 11.4 Å². The Bertz CT molecular complexity index is 967. The summed E-state index contributed by atoms with van der Waals surface area (Å²) in [5.41, 5.74) is -1.11. The number of nitrogens with two attached hydrogens (primary N) is 1. The van der Waals surface area contributed by atoms with Crippen molar-refractivity contribution in [2.75, 3.05) is 5.32 Å². The van der Waals surface area contributed by atoms with E-state index in [9.17, 15) is 31.2 Å². The third-order valence-electron chi connectivity index (χ3n) is 3.23. The van der Waals surface area contributed by atoms with Crippen LogP contribution in [-0.4, -0.2) is 18.9 Å². The minimum Gasteiger partial charge on any atom is -0.325 e. The summed E-state index contributed by atoms with van der Waals surface area (Å²) in [5, 5.41) is 7.32. The second-order valence-electron chi connectivity index (χ2n) is 5.43. The molecule has 1 aromatic carbocycles. The number of carbonyl (C=O) groups excluding carboxylic acids is 1. The lowest BCUT2D eigenvalue weighted by atomic mass is 10.2. The van der Waals surface area contributed by atoms with Crippen LogP contribution in [0.5, 0.6) is 0 Å². The highest BCUT2D eigenvalue weighted by atomic mass is 32.2. The molecule has 0 bridgehead atoms. The molecule has 0 atom stereocenters. The molecule has 7 nitrogen and oxygen atoms in total. The number of anilines is 1.